The van der Waals surface area contributed by atoms with Crippen LogP contribution in [0.2, 0.25) is 0 Å². The van der Waals surface area contributed by atoms with Crippen LogP contribution in [0.1, 0.15) is 19.8 Å². The molecule has 0 aromatic carbocycles. The Hall–Kier alpha value is 0.620. The first kappa shape index (κ1) is 10.7. The predicted molar refractivity (Wildman–Crippen MR) is 69.0 cm³/mol. The van der Waals surface area contributed by atoms with E-state index in [4.69, 9.17) is 36.7 Å². The number of thiocarbonyl (C=S) groups is 3. The van der Waals surface area contributed by atoms with Crippen LogP contribution in [0.25, 0.3) is 0 Å². The Labute approximate surface area is 94.5 Å². The van der Waals surface area contributed by atoms with E-state index in [2.05, 4.69) is 19.6 Å². The molecule has 0 amide bonds. The van der Waals surface area contributed by atoms with Gasteiger partial charge in [-0.15, -0.1) is 0 Å². The van der Waals surface area contributed by atoms with Crippen molar-refractivity contribution in [2.75, 3.05) is 0 Å². The second-order valence-electron chi connectivity index (χ2n) is 2.90. The van der Waals surface area contributed by atoms with E-state index >= 15 is 0 Å². The Morgan fingerprint density at radius 2 is 1.83 bits per heavy atom. The van der Waals surface area contributed by atoms with Gasteiger partial charge in [-0.3, -0.25) is 0 Å². The minimum Gasteiger partial charge on any atom is -0.169 e. The smallest absolute Gasteiger partial charge is 0.0670 e. The van der Waals surface area contributed by atoms with Crippen LogP contribution >= 0.6 is 49.3 Å². The van der Waals surface area contributed by atoms with E-state index in [1.165, 1.54) is 0 Å². The molecular formula is C8H10S4. The van der Waals surface area contributed by atoms with Crippen LogP contribution < -0.4 is 0 Å². The maximum atomic E-state index is 5.21. The first-order valence-electron chi connectivity index (χ1n) is 3.90. The Kier molecular flexibility index (Phi) is 3.76. The number of thiol groups is 1. The molecule has 1 aliphatic rings. The van der Waals surface area contributed by atoms with Crippen molar-refractivity contribution in [3.63, 3.8) is 0 Å². The molecule has 0 aliphatic heterocycles. The van der Waals surface area contributed by atoms with Gasteiger partial charge in [-0.2, -0.15) is 12.6 Å². The van der Waals surface area contributed by atoms with Gasteiger partial charge in [0, 0.05) is 20.9 Å². The summed E-state index contributed by atoms with van der Waals surface area (Å²) in [5.41, 5.74) is 0. The maximum Gasteiger partial charge on any atom is 0.0670 e. The molecule has 12 heavy (non-hydrogen) atoms. The average molecular weight is 234 g/mol. The molecule has 0 heterocycles. The molecule has 2 unspecified atom stereocenters. The molecule has 0 saturated heterocycles. The lowest BCUT2D eigenvalue weighted by molar-refractivity contribution is 0.666. The quantitative estimate of drug-likeness (QED) is 0.577. The van der Waals surface area contributed by atoms with Crippen molar-refractivity contribution >= 4 is 63.9 Å². The van der Waals surface area contributed by atoms with Crippen molar-refractivity contribution in [1.29, 1.82) is 0 Å². The summed E-state index contributed by atoms with van der Waals surface area (Å²) in [6.07, 6.45) is 2.15. The summed E-state index contributed by atoms with van der Waals surface area (Å²) in [6.45, 7) is 2.13. The van der Waals surface area contributed by atoms with E-state index < -0.39 is 0 Å². The van der Waals surface area contributed by atoms with Crippen LogP contribution in [-0.2, 0) is 0 Å². The Morgan fingerprint density at radius 1 is 1.25 bits per heavy atom. The van der Waals surface area contributed by atoms with Crippen LogP contribution in [0.5, 0.6) is 0 Å². The number of hydrogen-bond donors (Lipinski definition) is 1. The molecule has 0 aromatic heterocycles. The summed E-state index contributed by atoms with van der Waals surface area (Å²) in [4.78, 5) is 2.34. The average Bonchev–Trinajstić information content (AvgIpc) is 2.23. The monoisotopic (exact) mass is 234 g/mol. The first-order chi connectivity index (χ1) is 5.59. The fraction of sp³-hybridized carbons (Fsp3) is 0.625. The van der Waals surface area contributed by atoms with Crippen molar-refractivity contribution < 1.29 is 0 Å². The zero-order chi connectivity index (χ0) is 9.30. The van der Waals surface area contributed by atoms with Gasteiger partial charge in [0.25, 0.3) is 0 Å². The van der Waals surface area contributed by atoms with Gasteiger partial charge in [0.2, 0.25) is 0 Å². The van der Waals surface area contributed by atoms with Crippen molar-refractivity contribution in [3.8, 4) is 0 Å². The van der Waals surface area contributed by atoms with Gasteiger partial charge >= 0.3 is 0 Å². The number of hydrogen-bond acceptors (Lipinski definition) is 4. The molecule has 1 rings (SSSR count). The summed E-state index contributed by atoms with van der Waals surface area (Å²) >= 11 is 19.9. The minimum absolute atomic E-state index is 0.0972. The topological polar surface area (TPSA) is 0 Å². The van der Waals surface area contributed by atoms with Crippen LogP contribution in [0, 0.1) is 5.92 Å². The van der Waals surface area contributed by atoms with Gasteiger partial charge in [0.05, 0.1) is 4.86 Å². The lowest BCUT2D eigenvalue weighted by Gasteiger charge is -2.11. The molecule has 1 fully saturated rings. The molecule has 0 bridgehead atoms. The highest BCUT2D eigenvalue weighted by Gasteiger charge is 2.36. The molecule has 2 atom stereocenters. The summed E-state index contributed by atoms with van der Waals surface area (Å²) in [5.74, 6) is 0.313. The summed E-state index contributed by atoms with van der Waals surface area (Å²) in [5, 5.41) is 0.0972. The highest BCUT2D eigenvalue weighted by Crippen LogP contribution is 2.28. The lowest BCUT2D eigenvalue weighted by atomic mass is 10.0. The standard InChI is InChI=1S/C8H10S4/c1-2-3-4-5(9)7(11)8(12)6(4)10/h4-5,9H,2-3H2,1H3. The molecule has 1 aliphatic carbocycles. The first-order valence-corrected chi connectivity index (χ1v) is 5.64. The molecule has 0 nitrogen and oxygen atoms in total. The Balaban J connectivity index is 2.83. The third kappa shape index (κ3) is 1.76. The van der Waals surface area contributed by atoms with Gasteiger partial charge in [-0.25, -0.2) is 0 Å². The van der Waals surface area contributed by atoms with Crippen LogP contribution in [0.3, 0.4) is 0 Å². The summed E-state index contributed by atoms with van der Waals surface area (Å²) in [7, 11) is 0. The maximum absolute atomic E-state index is 5.21. The Bertz CT molecular complexity index is 243. The fourth-order valence-corrected chi connectivity index (χ4v) is 2.95. The summed E-state index contributed by atoms with van der Waals surface area (Å²) in [6, 6.07) is 0. The van der Waals surface area contributed by atoms with Crippen molar-refractivity contribution in [3.05, 3.63) is 0 Å². The van der Waals surface area contributed by atoms with Crippen LogP contribution in [0.4, 0.5) is 0 Å². The minimum atomic E-state index is 0.0972. The molecule has 1 saturated carbocycles. The second kappa shape index (κ2) is 4.22. The fourth-order valence-electron chi connectivity index (χ4n) is 1.35. The van der Waals surface area contributed by atoms with Crippen molar-refractivity contribution in [1.82, 2.24) is 0 Å². The molecule has 0 N–H and O–H groups in total. The SMILES string of the molecule is CCCC1C(=S)C(=S)C(=S)C1S. The molecule has 66 valence electrons. The largest absolute Gasteiger partial charge is 0.169 e. The number of rotatable bonds is 2. The Morgan fingerprint density at radius 3 is 2.17 bits per heavy atom. The van der Waals surface area contributed by atoms with E-state index in [1.54, 1.807) is 0 Å². The van der Waals surface area contributed by atoms with Crippen LogP contribution in [-0.4, -0.2) is 19.8 Å². The van der Waals surface area contributed by atoms with Crippen LogP contribution in [0.15, 0.2) is 0 Å². The third-order valence-corrected chi connectivity index (χ3v) is 4.49. The molecule has 0 radical (unpaired) electrons. The van der Waals surface area contributed by atoms with E-state index in [-0.39, 0.29) is 5.25 Å². The van der Waals surface area contributed by atoms with Gasteiger partial charge in [-0.1, -0.05) is 50.0 Å². The summed E-state index contributed by atoms with van der Waals surface area (Å²) < 4.78 is 0. The predicted octanol–water partition coefficient (Wildman–Crippen LogP) is 2.82. The van der Waals surface area contributed by atoms with Gasteiger partial charge in [0.1, 0.15) is 0 Å². The van der Waals surface area contributed by atoms with Gasteiger partial charge in [0.15, 0.2) is 0 Å². The van der Waals surface area contributed by atoms with E-state index in [0.717, 1.165) is 22.6 Å². The molecular weight excluding hydrogens is 224 g/mol. The van der Waals surface area contributed by atoms with Crippen molar-refractivity contribution in [2.24, 2.45) is 5.92 Å². The lowest BCUT2D eigenvalue weighted by Crippen LogP contribution is -2.15. The normalized spacial score (nSPS) is 30.0. The highest BCUT2D eigenvalue weighted by molar-refractivity contribution is 7.97. The third-order valence-electron chi connectivity index (χ3n) is 2.03. The van der Waals surface area contributed by atoms with Gasteiger partial charge < -0.3 is 0 Å². The highest BCUT2D eigenvalue weighted by atomic mass is 32.1. The zero-order valence-electron chi connectivity index (χ0n) is 6.74. The molecule has 0 spiro atoms. The second-order valence-corrected chi connectivity index (χ2v) is 4.74. The molecule has 0 aromatic rings. The van der Waals surface area contributed by atoms with E-state index in [0.29, 0.717) is 10.8 Å². The zero-order valence-corrected chi connectivity index (χ0v) is 10.1. The van der Waals surface area contributed by atoms with E-state index in [1.807, 2.05) is 0 Å². The van der Waals surface area contributed by atoms with Gasteiger partial charge in [-0.05, 0) is 6.42 Å². The van der Waals surface area contributed by atoms with Crippen molar-refractivity contribution in [2.45, 2.75) is 25.0 Å². The van der Waals surface area contributed by atoms with E-state index in [9.17, 15) is 0 Å². The molecule has 4 heteroatoms.